The molecule has 0 radical (unpaired) electrons. The maximum Gasteiger partial charge on any atom is 0.328 e. The van der Waals surface area contributed by atoms with Crippen LogP contribution in [0.4, 0.5) is 0 Å². The number of hydrogen-bond donors (Lipinski definition) is 2. The van der Waals surface area contributed by atoms with Crippen LogP contribution in [0.1, 0.15) is 28.8 Å². The molecule has 1 aliphatic heterocycles. The smallest absolute Gasteiger partial charge is 0.328 e. The Balaban J connectivity index is 2.13. The average Bonchev–Trinajstić information content (AvgIpc) is 2.44. The molecule has 2 rings (SSSR count). The molecule has 1 fully saturated rings. The number of aliphatic hydroxyl groups excluding tert-OH is 1. The predicted molar refractivity (Wildman–Crippen MR) is 74.3 cm³/mol. The largest absolute Gasteiger partial charge is 0.478 e. The summed E-state index contributed by atoms with van der Waals surface area (Å²) in [4.78, 5) is 24.4. The molecule has 1 heterocycles. The van der Waals surface area contributed by atoms with Crippen molar-refractivity contribution in [3.63, 3.8) is 0 Å². The Morgan fingerprint density at radius 1 is 1.35 bits per heavy atom. The zero-order valence-electron chi connectivity index (χ0n) is 11.0. The van der Waals surface area contributed by atoms with E-state index in [-0.39, 0.29) is 5.91 Å². The molecule has 1 unspecified atom stereocenters. The van der Waals surface area contributed by atoms with Crippen molar-refractivity contribution in [2.75, 3.05) is 13.1 Å². The van der Waals surface area contributed by atoms with E-state index in [0.717, 1.165) is 18.9 Å². The standard InChI is InChI=1S/C15H17NO4/c17-13-5-2-8-16(10-13)15(20)12-4-1-3-11(9-12)6-7-14(18)19/h1,3-4,6-7,9,13,17H,2,5,8,10H2,(H,18,19). The van der Waals surface area contributed by atoms with E-state index in [0.29, 0.717) is 24.2 Å². The van der Waals surface area contributed by atoms with Crippen LogP contribution in [0.25, 0.3) is 6.08 Å². The van der Waals surface area contributed by atoms with Crippen molar-refractivity contribution in [2.24, 2.45) is 0 Å². The second-order valence-electron chi connectivity index (χ2n) is 4.84. The van der Waals surface area contributed by atoms with Gasteiger partial charge in [-0.05, 0) is 36.6 Å². The molecular formula is C15H17NO4. The Kier molecular flexibility index (Phi) is 4.53. The van der Waals surface area contributed by atoms with Crippen LogP contribution in [0.2, 0.25) is 0 Å². The second kappa shape index (κ2) is 6.34. The number of β-amino-alcohol motifs (C(OH)–C–C–N with tert-alkyl or cyclic N) is 1. The van der Waals surface area contributed by atoms with Gasteiger partial charge in [-0.2, -0.15) is 0 Å². The number of piperidine rings is 1. The van der Waals surface area contributed by atoms with Crippen LogP contribution in [0, 0.1) is 0 Å². The number of likely N-dealkylation sites (tertiary alicyclic amines) is 1. The van der Waals surface area contributed by atoms with Crippen molar-refractivity contribution in [1.82, 2.24) is 4.90 Å². The van der Waals surface area contributed by atoms with E-state index in [2.05, 4.69) is 0 Å². The molecule has 0 aromatic heterocycles. The quantitative estimate of drug-likeness (QED) is 0.817. The van der Waals surface area contributed by atoms with E-state index in [1.807, 2.05) is 0 Å². The molecule has 1 saturated heterocycles. The first kappa shape index (κ1) is 14.3. The topological polar surface area (TPSA) is 77.8 Å². The molecule has 5 heteroatoms. The van der Waals surface area contributed by atoms with Crippen molar-refractivity contribution >= 4 is 18.0 Å². The summed E-state index contributed by atoms with van der Waals surface area (Å²) >= 11 is 0. The molecule has 2 N–H and O–H groups in total. The van der Waals surface area contributed by atoms with Gasteiger partial charge in [0.1, 0.15) is 0 Å². The summed E-state index contributed by atoms with van der Waals surface area (Å²) in [6, 6.07) is 6.81. The molecule has 1 aromatic carbocycles. The Labute approximate surface area is 117 Å². The maximum atomic E-state index is 12.3. The highest BCUT2D eigenvalue weighted by molar-refractivity contribution is 5.95. The lowest BCUT2D eigenvalue weighted by Gasteiger charge is -2.30. The first-order chi connectivity index (χ1) is 9.56. The van der Waals surface area contributed by atoms with Crippen molar-refractivity contribution in [1.29, 1.82) is 0 Å². The summed E-state index contributed by atoms with van der Waals surface area (Å²) in [5, 5.41) is 18.2. The van der Waals surface area contributed by atoms with Gasteiger partial charge in [0.15, 0.2) is 0 Å². The highest BCUT2D eigenvalue weighted by Crippen LogP contribution is 2.15. The van der Waals surface area contributed by atoms with Crippen LogP contribution >= 0.6 is 0 Å². The van der Waals surface area contributed by atoms with Gasteiger partial charge in [0, 0.05) is 24.7 Å². The van der Waals surface area contributed by atoms with Gasteiger partial charge in [-0.1, -0.05) is 12.1 Å². The van der Waals surface area contributed by atoms with Gasteiger partial charge in [-0.25, -0.2) is 4.79 Å². The van der Waals surface area contributed by atoms with E-state index >= 15 is 0 Å². The van der Waals surface area contributed by atoms with Crippen LogP contribution in [0.5, 0.6) is 0 Å². The number of amides is 1. The van der Waals surface area contributed by atoms with Gasteiger partial charge >= 0.3 is 5.97 Å². The Bertz CT molecular complexity index is 538. The van der Waals surface area contributed by atoms with Gasteiger partial charge in [-0.15, -0.1) is 0 Å². The molecule has 0 spiro atoms. The summed E-state index contributed by atoms with van der Waals surface area (Å²) in [7, 11) is 0. The number of nitrogens with zero attached hydrogens (tertiary/aromatic N) is 1. The lowest BCUT2D eigenvalue weighted by atomic mass is 10.1. The van der Waals surface area contributed by atoms with Crippen LogP contribution < -0.4 is 0 Å². The molecule has 0 aliphatic carbocycles. The monoisotopic (exact) mass is 275 g/mol. The molecule has 1 atom stereocenters. The van der Waals surface area contributed by atoms with Gasteiger partial charge < -0.3 is 15.1 Å². The Morgan fingerprint density at radius 2 is 2.15 bits per heavy atom. The summed E-state index contributed by atoms with van der Waals surface area (Å²) < 4.78 is 0. The van der Waals surface area contributed by atoms with Crippen LogP contribution in [0.15, 0.2) is 30.3 Å². The molecule has 1 aliphatic rings. The SMILES string of the molecule is O=C(O)C=Cc1cccc(C(=O)N2CCCC(O)C2)c1. The first-order valence-corrected chi connectivity index (χ1v) is 6.54. The van der Waals surface area contributed by atoms with E-state index < -0.39 is 12.1 Å². The number of rotatable bonds is 3. The fraction of sp³-hybridized carbons (Fsp3) is 0.333. The lowest BCUT2D eigenvalue weighted by Crippen LogP contribution is -2.42. The Morgan fingerprint density at radius 3 is 2.85 bits per heavy atom. The third kappa shape index (κ3) is 3.68. The fourth-order valence-electron chi connectivity index (χ4n) is 2.26. The molecular weight excluding hydrogens is 258 g/mol. The van der Waals surface area contributed by atoms with Crippen LogP contribution in [-0.2, 0) is 4.79 Å². The van der Waals surface area contributed by atoms with E-state index in [4.69, 9.17) is 5.11 Å². The highest BCUT2D eigenvalue weighted by atomic mass is 16.4. The number of carboxylic acids is 1. The number of carbonyl (C=O) groups excluding carboxylic acids is 1. The lowest BCUT2D eigenvalue weighted by molar-refractivity contribution is -0.131. The number of aliphatic carboxylic acids is 1. The number of aliphatic hydroxyl groups is 1. The minimum absolute atomic E-state index is 0.130. The van der Waals surface area contributed by atoms with Gasteiger partial charge in [0.2, 0.25) is 0 Å². The second-order valence-corrected chi connectivity index (χ2v) is 4.84. The molecule has 106 valence electrons. The van der Waals surface area contributed by atoms with Crippen LogP contribution in [-0.4, -0.2) is 46.2 Å². The van der Waals surface area contributed by atoms with Crippen molar-refractivity contribution in [3.05, 3.63) is 41.5 Å². The summed E-state index contributed by atoms with van der Waals surface area (Å²) in [5.41, 5.74) is 1.17. The molecule has 5 nitrogen and oxygen atoms in total. The predicted octanol–water partition coefficient (Wildman–Crippen LogP) is 1.38. The van der Waals surface area contributed by atoms with E-state index in [9.17, 15) is 14.7 Å². The van der Waals surface area contributed by atoms with Gasteiger partial charge in [0.25, 0.3) is 5.91 Å². The highest BCUT2D eigenvalue weighted by Gasteiger charge is 2.22. The number of benzene rings is 1. The molecule has 20 heavy (non-hydrogen) atoms. The summed E-state index contributed by atoms with van der Waals surface area (Å²) in [6.45, 7) is 0.999. The van der Waals surface area contributed by atoms with Gasteiger partial charge in [0.05, 0.1) is 6.10 Å². The number of carbonyl (C=O) groups is 2. The summed E-state index contributed by atoms with van der Waals surface area (Å²) in [6.07, 6.45) is 3.55. The first-order valence-electron chi connectivity index (χ1n) is 6.54. The third-order valence-electron chi connectivity index (χ3n) is 3.24. The third-order valence-corrected chi connectivity index (χ3v) is 3.24. The van der Waals surface area contributed by atoms with Crippen molar-refractivity contribution in [3.8, 4) is 0 Å². The molecule has 0 bridgehead atoms. The molecule has 1 amide bonds. The minimum atomic E-state index is -1.03. The van der Waals surface area contributed by atoms with Gasteiger partial charge in [-0.3, -0.25) is 4.79 Å². The van der Waals surface area contributed by atoms with E-state index in [1.165, 1.54) is 6.08 Å². The zero-order valence-corrected chi connectivity index (χ0v) is 11.0. The van der Waals surface area contributed by atoms with Crippen molar-refractivity contribution < 1.29 is 19.8 Å². The minimum Gasteiger partial charge on any atom is -0.478 e. The maximum absolute atomic E-state index is 12.3. The fourth-order valence-corrected chi connectivity index (χ4v) is 2.26. The summed E-state index contributed by atoms with van der Waals surface area (Å²) in [5.74, 6) is -1.16. The Hall–Kier alpha value is -2.14. The number of hydrogen-bond acceptors (Lipinski definition) is 3. The average molecular weight is 275 g/mol. The molecule has 0 saturated carbocycles. The normalized spacial score (nSPS) is 19.2. The van der Waals surface area contributed by atoms with Crippen LogP contribution in [0.3, 0.4) is 0 Å². The molecule has 1 aromatic rings. The van der Waals surface area contributed by atoms with Crippen molar-refractivity contribution in [2.45, 2.75) is 18.9 Å². The zero-order chi connectivity index (χ0) is 14.5. The number of carboxylic acid groups (broad SMARTS) is 1. The van der Waals surface area contributed by atoms with E-state index in [1.54, 1.807) is 29.2 Å².